The van der Waals surface area contributed by atoms with Gasteiger partial charge in [-0.2, -0.15) is 23.5 Å². The molecule has 1 aliphatic rings. The molecule has 0 atom stereocenters. The summed E-state index contributed by atoms with van der Waals surface area (Å²) in [5, 5.41) is 3.68. The number of nitrogens with zero attached hydrogens (tertiary/aromatic N) is 1. The van der Waals surface area contributed by atoms with Gasteiger partial charge in [0, 0.05) is 53.8 Å². The van der Waals surface area contributed by atoms with Crippen molar-refractivity contribution in [3.05, 3.63) is 35.4 Å². The van der Waals surface area contributed by atoms with E-state index in [4.69, 9.17) is 4.99 Å². The van der Waals surface area contributed by atoms with E-state index in [9.17, 15) is 0 Å². The van der Waals surface area contributed by atoms with Crippen molar-refractivity contribution < 1.29 is 50.5 Å². The number of fused-ring (bicyclic) bond motifs is 1. The maximum atomic E-state index is 4.74. The largest absolute Gasteiger partial charge is 2.00 e. The van der Waals surface area contributed by atoms with Gasteiger partial charge in [-0.1, -0.05) is 24.3 Å². The Morgan fingerprint density at radius 2 is 1.56 bits per heavy atom. The number of halogens is 2. The van der Waals surface area contributed by atoms with Crippen molar-refractivity contribution in [3.63, 3.8) is 0 Å². The normalized spacial score (nSPS) is 18.6. The van der Waals surface area contributed by atoms with E-state index in [-0.39, 0.29) is 56.0 Å². The molecule has 0 spiro atoms. The van der Waals surface area contributed by atoms with E-state index in [1.807, 2.05) is 23.5 Å². The summed E-state index contributed by atoms with van der Waals surface area (Å²) in [6, 6.07) is 8.87. The Labute approximate surface area is 193 Å². The van der Waals surface area contributed by atoms with Crippen LogP contribution in [0.5, 0.6) is 0 Å². The van der Waals surface area contributed by atoms with Crippen LogP contribution in [-0.4, -0.2) is 35.8 Å². The third-order valence-electron chi connectivity index (χ3n) is 3.80. The minimum Gasteiger partial charge on any atom is -1.00 e. The molecule has 0 radical (unpaired) electrons. The van der Waals surface area contributed by atoms with Crippen LogP contribution in [-0.2, 0) is 28.0 Å². The monoisotopic (exact) mass is 552 g/mol. The predicted molar refractivity (Wildman–Crippen MR) is 103 cm³/mol. The van der Waals surface area contributed by atoms with Crippen molar-refractivity contribution in [2.24, 2.45) is 4.99 Å². The van der Waals surface area contributed by atoms with Crippen LogP contribution in [0.2, 0.25) is 0 Å². The van der Waals surface area contributed by atoms with E-state index < -0.39 is 0 Å². The summed E-state index contributed by atoms with van der Waals surface area (Å²) in [4.78, 5) is 4.74. The smallest absolute Gasteiger partial charge is 1.00 e. The van der Waals surface area contributed by atoms with Gasteiger partial charge in [0.15, 0.2) is 0 Å². The number of rotatable bonds is 0. The first-order valence-electron chi connectivity index (χ1n) is 8.04. The molecule has 2 rings (SSSR count). The van der Waals surface area contributed by atoms with E-state index in [1.165, 1.54) is 16.8 Å². The van der Waals surface area contributed by atoms with Crippen LogP contribution in [0.25, 0.3) is 0 Å². The fraction of sp³-hybridized carbons (Fsp3) is 0.611. The van der Waals surface area contributed by atoms with Crippen LogP contribution < -0.4 is 39.3 Å². The molecule has 0 amide bonds. The number of hydrogen-bond donors (Lipinski definition) is 1. The molecule has 25 heavy (non-hydrogen) atoms. The Balaban J connectivity index is 0. The summed E-state index contributed by atoms with van der Waals surface area (Å²) in [6.07, 6.45) is 1.03. The van der Waals surface area contributed by atoms with E-state index in [1.54, 1.807) is 0 Å². The van der Waals surface area contributed by atoms with Crippen LogP contribution in [0.15, 0.2) is 29.3 Å². The Bertz CT molecular complexity index is 514. The maximum Gasteiger partial charge on any atom is 2.00 e. The Hall–Kier alpha value is 1.00. The number of thioether (sulfide) groups is 2. The molecule has 0 aliphatic carbocycles. The molecule has 0 fully saturated rings. The van der Waals surface area contributed by atoms with Gasteiger partial charge in [0.05, 0.1) is 0 Å². The SMILES string of the molecule is CC1=NCCSCc2ccccc2CSCCNC(C)(C)C1.[Br-].[Br-].[Ni+2]. The Kier molecular flexibility index (Phi) is 16.9. The van der Waals surface area contributed by atoms with E-state index in [0.29, 0.717) is 0 Å². The van der Waals surface area contributed by atoms with Crippen molar-refractivity contribution >= 4 is 29.2 Å². The van der Waals surface area contributed by atoms with Crippen LogP contribution in [0, 0.1) is 0 Å². The summed E-state index contributed by atoms with van der Waals surface area (Å²) >= 11 is 4.02. The van der Waals surface area contributed by atoms with Gasteiger partial charge in [0.1, 0.15) is 0 Å². The molecule has 1 heterocycles. The van der Waals surface area contributed by atoms with Gasteiger partial charge in [-0.3, -0.25) is 4.99 Å². The minimum absolute atomic E-state index is 0. The van der Waals surface area contributed by atoms with E-state index >= 15 is 0 Å². The third kappa shape index (κ3) is 11.4. The summed E-state index contributed by atoms with van der Waals surface area (Å²) in [5.74, 6) is 4.48. The van der Waals surface area contributed by atoms with Crippen LogP contribution in [0.4, 0.5) is 0 Å². The standard InChI is InChI=1S/C18H28N2S2.2BrH.Ni/c1-15-12-18(2,3)20-9-11-22-14-17-7-5-4-6-16(17)13-21-10-8-19-15;;;/h4-7,20H,8-14H2,1-3H3;2*1H;/q;;;+2/p-2. The second kappa shape index (κ2) is 15.0. The zero-order valence-corrected chi connectivity index (χ0v) is 20.9. The fourth-order valence-corrected chi connectivity index (χ4v) is 4.48. The van der Waals surface area contributed by atoms with Gasteiger partial charge in [0.2, 0.25) is 0 Å². The molecule has 146 valence electrons. The topological polar surface area (TPSA) is 24.4 Å². The zero-order valence-electron chi connectivity index (χ0n) is 15.1. The minimum atomic E-state index is 0. The zero-order chi connectivity index (χ0) is 15.8. The van der Waals surface area contributed by atoms with Gasteiger partial charge >= 0.3 is 16.5 Å². The van der Waals surface area contributed by atoms with E-state index in [2.05, 4.69) is 50.4 Å². The molecule has 1 aromatic rings. The molecule has 0 aromatic heterocycles. The van der Waals surface area contributed by atoms with Gasteiger partial charge in [-0.05, 0) is 31.9 Å². The Morgan fingerprint density at radius 1 is 1.00 bits per heavy atom. The summed E-state index contributed by atoms with van der Waals surface area (Å²) in [7, 11) is 0. The van der Waals surface area contributed by atoms with Gasteiger partial charge in [0.25, 0.3) is 0 Å². The number of aliphatic imine (C=N–C) groups is 1. The molecule has 2 nitrogen and oxygen atoms in total. The molecule has 1 aromatic carbocycles. The van der Waals surface area contributed by atoms with Crippen LogP contribution >= 0.6 is 23.5 Å². The molecule has 1 N–H and O–H groups in total. The van der Waals surface area contributed by atoms with Gasteiger partial charge < -0.3 is 39.3 Å². The first kappa shape index (κ1) is 28.2. The summed E-state index contributed by atoms with van der Waals surface area (Å²) in [5.41, 5.74) is 4.39. The maximum absolute atomic E-state index is 4.74. The van der Waals surface area contributed by atoms with Crippen LogP contribution in [0.3, 0.4) is 0 Å². The number of hydrogen-bond acceptors (Lipinski definition) is 4. The van der Waals surface area contributed by atoms with Gasteiger partial charge in [-0.15, -0.1) is 0 Å². The van der Waals surface area contributed by atoms with E-state index in [0.717, 1.165) is 42.5 Å². The summed E-state index contributed by atoms with van der Waals surface area (Å²) in [6.45, 7) is 8.71. The molecule has 0 bridgehead atoms. The van der Waals surface area contributed by atoms with Gasteiger partial charge in [-0.25, -0.2) is 0 Å². The Morgan fingerprint density at radius 3 is 2.16 bits per heavy atom. The second-order valence-corrected chi connectivity index (χ2v) is 8.69. The fourth-order valence-electron chi connectivity index (χ4n) is 2.72. The molecule has 1 aliphatic heterocycles. The van der Waals surface area contributed by atoms with Crippen molar-refractivity contribution in [2.45, 2.75) is 44.2 Å². The first-order valence-corrected chi connectivity index (χ1v) is 10.3. The van der Waals surface area contributed by atoms with Crippen molar-refractivity contribution in [1.29, 1.82) is 0 Å². The van der Waals surface area contributed by atoms with Crippen LogP contribution in [0.1, 0.15) is 38.3 Å². The molecular formula is C18H28Br2N2NiS2. The van der Waals surface area contributed by atoms with Crippen molar-refractivity contribution in [1.82, 2.24) is 5.32 Å². The third-order valence-corrected chi connectivity index (χ3v) is 5.79. The first-order chi connectivity index (χ1) is 10.6. The van der Waals surface area contributed by atoms with Crippen molar-refractivity contribution in [3.8, 4) is 0 Å². The molecule has 0 saturated heterocycles. The molecule has 0 saturated carbocycles. The van der Waals surface area contributed by atoms with Crippen molar-refractivity contribution in [2.75, 3.05) is 24.6 Å². The molecule has 0 unspecified atom stereocenters. The number of benzene rings is 1. The summed E-state index contributed by atoms with van der Waals surface area (Å²) < 4.78 is 0. The second-order valence-electron chi connectivity index (χ2n) is 6.48. The average Bonchev–Trinajstić information content (AvgIpc) is 2.47. The predicted octanol–water partition coefficient (Wildman–Crippen LogP) is -1.61. The number of nitrogens with one attached hydrogen (secondary N) is 1. The molecular weight excluding hydrogens is 527 g/mol. The molecule has 7 heteroatoms. The average molecular weight is 555 g/mol. The quantitative estimate of drug-likeness (QED) is 0.391.